The molecule has 7 nitrogen and oxygen atoms in total. The van der Waals surface area contributed by atoms with Crippen molar-refractivity contribution in [1.29, 1.82) is 0 Å². The molecule has 3 rings (SSSR count). The number of nitrogens with zero attached hydrogens (tertiary/aromatic N) is 1. The highest BCUT2D eigenvalue weighted by molar-refractivity contribution is 5.96. The third kappa shape index (κ3) is 6.06. The van der Waals surface area contributed by atoms with E-state index in [1.807, 2.05) is 0 Å². The molecule has 1 aliphatic rings. The van der Waals surface area contributed by atoms with Gasteiger partial charge in [-0.2, -0.15) is 0 Å². The maximum Gasteiger partial charge on any atom is 0.413 e. The van der Waals surface area contributed by atoms with Crippen LogP contribution in [0.25, 0.3) is 0 Å². The van der Waals surface area contributed by atoms with Crippen LogP contribution in [0.3, 0.4) is 0 Å². The van der Waals surface area contributed by atoms with Crippen LogP contribution in [-0.2, 0) is 20.9 Å². The molecule has 2 aromatic carbocycles. The summed E-state index contributed by atoms with van der Waals surface area (Å²) in [5.74, 6) is -0.583. The number of carbonyl (C=O) groups is 3. The Morgan fingerprint density at radius 3 is 2.47 bits per heavy atom. The molecule has 32 heavy (non-hydrogen) atoms. The summed E-state index contributed by atoms with van der Waals surface area (Å²) in [5, 5.41) is 0. The highest BCUT2D eigenvalue weighted by Crippen LogP contribution is 2.22. The largest absolute Gasteiger partial charge is 0.489 e. The Morgan fingerprint density at radius 1 is 1.12 bits per heavy atom. The number of esters is 1. The Bertz CT molecular complexity index is 983. The first-order valence-electron chi connectivity index (χ1n) is 10.3. The van der Waals surface area contributed by atoms with E-state index in [0.717, 1.165) is 0 Å². The lowest BCUT2D eigenvalue weighted by atomic mass is 10.0. The molecule has 1 aliphatic heterocycles. The molecule has 8 heteroatoms. The van der Waals surface area contributed by atoms with Gasteiger partial charge in [0.25, 0.3) is 0 Å². The maximum absolute atomic E-state index is 13.7. The second-order valence-electron chi connectivity index (χ2n) is 8.42. The Kier molecular flexibility index (Phi) is 7.12. The number of amides is 1. The normalized spacial score (nSPS) is 15.9. The molecule has 0 spiro atoms. The van der Waals surface area contributed by atoms with Gasteiger partial charge in [0, 0.05) is 17.5 Å². The van der Waals surface area contributed by atoms with Gasteiger partial charge in [0.1, 0.15) is 29.8 Å². The van der Waals surface area contributed by atoms with Crippen molar-refractivity contribution in [2.75, 3.05) is 6.73 Å². The van der Waals surface area contributed by atoms with Crippen molar-refractivity contribution in [2.24, 2.45) is 0 Å². The zero-order valence-electron chi connectivity index (χ0n) is 18.3. The van der Waals surface area contributed by atoms with Gasteiger partial charge in [-0.3, -0.25) is 9.69 Å². The number of ketones is 1. The smallest absolute Gasteiger partial charge is 0.413 e. The Labute approximate surface area is 186 Å². The van der Waals surface area contributed by atoms with Crippen LogP contribution in [0, 0.1) is 5.82 Å². The van der Waals surface area contributed by atoms with Crippen molar-refractivity contribution in [3.63, 3.8) is 0 Å². The van der Waals surface area contributed by atoms with E-state index in [2.05, 4.69) is 0 Å². The quantitative estimate of drug-likeness (QED) is 0.463. The van der Waals surface area contributed by atoms with Gasteiger partial charge in [-0.1, -0.05) is 18.2 Å². The first-order chi connectivity index (χ1) is 15.1. The lowest BCUT2D eigenvalue weighted by Crippen LogP contribution is -2.41. The van der Waals surface area contributed by atoms with Crippen molar-refractivity contribution in [3.05, 3.63) is 65.5 Å². The van der Waals surface area contributed by atoms with E-state index in [9.17, 15) is 18.8 Å². The second-order valence-corrected chi connectivity index (χ2v) is 8.42. The minimum absolute atomic E-state index is 0.0501. The van der Waals surface area contributed by atoms with Crippen LogP contribution in [0.15, 0.2) is 48.5 Å². The van der Waals surface area contributed by atoms with Gasteiger partial charge in [-0.25, -0.2) is 14.0 Å². The SMILES string of the molecule is CC(C)(C)OC(=O)N1COC(=O)C1CCC(=O)c1ccc(OCc2ccccc2F)cc1. The third-order valence-corrected chi connectivity index (χ3v) is 4.80. The van der Waals surface area contributed by atoms with Crippen LogP contribution >= 0.6 is 0 Å². The third-order valence-electron chi connectivity index (χ3n) is 4.80. The molecule has 1 fully saturated rings. The fourth-order valence-electron chi connectivity index (χ4n) is 3.15. The van der Waals surface area contributed by atoms with Gasteiger partial charge in [0.15, 0.2) is 12.5 Å². The average molecular weight is 443 g/mol. The topological polar surface area (TPSA) is 82.1 Å². The second kappa shape index (κ2) is 9.80. The van der Waals surface area contributed by atoms with E-state index in [0.29, 0.717) is 16.9 Å². The number of hydrogen-bond acceptors (Lipinski definition) is 6. The molecule has 0 aliphatic carbocycles. The van der Waals surface area contributed by atoms with Gasteiger partial charge in [0.2, 0.25) is 0 Å². The molecule has 0 N–H and O–H groups in total. The molecule has 0 radical (unpaired) electrons. The molecule has 0 bridgehead atoms. The first-order valence-corrected chi connectivity index (χ1v) is 10.3. The Balaban J connectivity index is 1.54. The number of Topliss-reactive ketones (excluding diaryl/α,β-unsaturated/α-hetero) is 1. The highest BCUT2D eigenvalue weighted by atomic mass is 19.1. The number of halogens is 1. The van der Waals surface area contributed by atoms with Crippen LogP contribution in [0.4, 0.5) is 9.18 Å². The molecule has 1 saturated heterocycles. The van der Waals surface area contributed by atoms with E-state index in [4.69, 9.17) is 14.2 Å². The predicted octanol–water partition coefficient (Wildman–Crippen LogP) is 4.49. The van der Waals surface area contributed by atoms with Crippen molar-refractivity contribution in [1.82, 2.24) is 4.90 Å². The summed E-state index contributed by atoms with van der Waals surface area (Å²) in [5.41, 5.74) is 0.170. The highest BCUT2D eigenvalue weighted by Gasteiger charge is 2.40. The summed E-state index contributed by atoms with van der Waals surface area (Å²) in [6, 6.07) is 12.0. The van der Waals surface area contributed by atoms with Crippen LogP contribution in [0.5, 0.6) is 5.75 Å². The summed E-state index contributed by atoms with van der Waals surface area (Å²) in [7, 11) is 0. The number of benzene rings is 2. The number of rotatable bonds is 7. The van der Waals surface area contributed by atoms with Gasteiger partial charge < -0.3 is 14.2 Å². The van der Waals surface area contributed by atoms with Crippen LogP contribution in [-0.4, -0.2) is 41.1 Å². The Morgan fingerprint density at radius 2 is 1.81 bits per heavy atom. The van der Waals surface area contributed by atoms with Gasteiger partial charge >= 0.3 is 12.1 Å². The molecule has 1 heterocycles. The van der Waals surface area contributed by atoms with E-state index in [-0.39, 0.29) is 37.8 Å². The zero-order chi connectivity index (χ0) is 23.3. The van der Waals surface area contributed by atoms with E-state index in [1.54, 1.807) is 63.2 Å². The monoisotopic (exact) mass is 443 g/mol. The molecule has 0 saturated carbocycles. The minimum atomic E-state index is -0.864. The van der Waals surface area contributed by atoms with Crippen LogP contribution in [0.2, 0.25) is 0 Å². The number of hydrogen-bond donors (Lipinski definition) is 0. The predicted molar refractivity (Wildman–Crippen MR) is 114 cm³/mol. The van der Waals surface area contributed by atoms with Crippen LogP contribution in [0.1, 0.15) is 49.5 Å². The van der Waals surface area contributed by atoms with Crippen molar-refractivity contribution >= 4 is 17.8 Å². The molecule has 0 aromatic heterocycles. The number of carbonyl (C=O) groups excluding carboxylic acids is 3. The van der Waals surface area contributed by atoms with Gasteiger partial charge in [-0.05, 0) is 57.5 Å². The van der Waals surface area contributed by atoms with E-state index in [1.165, 1.54) is 11.0 Å². The van der Waals surface area contributed by atoms with Crippen molar-refractivity contribution < 1.29 is 33.0 Å². The van der Waals surface area contributed by atoms with Crippen LogP contribution < -0.4 is 4.74 Å². The summed E-state index contributed by atoms with van der Waals surface area (Å²) in [4.78, 5) is 38.1. The fraction of sp³-hybridized carbons (Fsp3) is 0.375. The zero-order valence-corrected chi connectivity index (χ0v) is 18.3. The summed E-state index contributed by atoms with van der Waals surface area (Å²) >= 11 is 0. The van der Waals surface area contributed by atoms with Gasteiger partial charge in [-0.15, -0.1) is 0 Å². The van der Waals surface area contributed by atoms with Gasteiger partial charge in [0.05, 0.1) is 0 Å². The number of ether oxygens (including phenoxy) is 3. The summed E-state index contributed by atoms with van der Waals surface area (Å²) in [6.45, 7) is 5.06. The first kappa shape index (κ1) is 23.2. The molecule has 1 atom stereocenters. The number of cyclic esters (lactones) is 1. The summed E-state index contributed by atoms with van der Waals surface area (Å²) < 4.78 is 29.5. The molecule has 2 aromatic rings. The molecule has 1 unspecified atom stereocenters. The van der Waals surface area contributed by atoms with E-state index < -0.39 is 23.7 Å². The molecular formula is C24H26FNO6. The Hall–Kier alpha value is -3.42. The van der Waals surface area contributed by atoms with Crippen molar-refractivity contribution in [2.45, 2.75) is 51.9 Å². The summed E-state index contributed by atoms with van der Waals surface area (Å²) in [6.07, 6.45) is -0.478. The lowest BCUT2D eigenvalue weighted by Gasteiger charge is -2.25. The average Bonchev–Trinajstić information content (AvgIpc) is 3.11. The maximum atomic E-state index is 13.7. The molecule has 170 valence electrons. The fourth-order valence-corrected chi connectivity index (χ4v) is 3.15. The molecular weight excluding hydrogens is 417 g/mol. The lowest BCUT2D eigenvalue weighted by molar-refractivity contribution is -0.139. The minimum Gasteiger partial charge on any atom is -0.489 e. The van der Waals surface area contributed by atoms with Crippen molar-refractivity contribution in [3.8, 4) is 5.75 Å². The standard InChI is InChI=1S/C24H26FNO6/c1-24(2,3)32-23(29)26-15-31-22(28)20(26)12-13-21(27)16-8-10-18(11-9-16)30-14-17-6-4-5-7-19(17)25/h4-11,20H,12-15H2,1-3H3. The molecule has 1 amide bonds. The van der Waals surface area contributed by atoms with E-state index >= 15 is 0 Å².